The van der Waals surface area contributed by atoms with Crippen LogP contribution in [0.2, 0.25) is 10.0 Å². The van der Waals surface area contributed by atoms with Crippen molar-refractivity contribution in [3.63, 3.8) is 0 Å². The highest BCUT2D eigenvalue weighted by Crippen LogP contribution is 2.18. The Kier molecular flexibility index (Phi) is 6.09. The summed E-state index contributed by atoms with van der Waals surface area (Å²) in [4.78, 5) is 0. The van der Waals surface area contributed by atoms with E-state index in [1.807, 2.05) is 12.1 Å². The quantitative estimate of drug-likeness (QED) is 0.826. The van der Waals surface area contributed by atoms with Gasteiger partial charge in [0.15, 0.2) is 0 Å². The molecule has 0 aliphatic heterocycles. The summed E-state index contributed by atoms with van der Waals surface area (Å²) in [5.74, 6) is 0. The number of hydrogen-bond donors (Lipinski definition) is 2. The van der Waals surface area contributed by atoms with Crippen molar-refractivity contribution in [2.24, 2.45) is 0 Å². The molecule has 0 bridgehead atoms. The first-order valence-electron chi connectivity index (χ1n) is 4.94. The van der Waals surface area contributed by atoms with Gasteiger partial charge >= 0.3 is 0 Å². The van der Waals surface area contributed by atoms with Crippen molar-refractivity contribution in [1.82, 2.24) is 5.32 Å². The monoisotopic (exact) mass is 263 g/mol. The minimum Gasteiger partial charge on any atom is -0.389 e. The van der Waals surface area contributed by atoms with Gasteiger partial charge < -0.3 is 15.2 Å². The van der Waals surface area contributed by atoms with Crippen LogP contribution in [0.15, 0.2) is 18.2 Å². The zero-order valence-corrected chi connectivity index (χ0v) is 10.6. The van der Waals surface area contributed by atoms with E-state index in [4.69, 9.17) is 27.9 Å². The van der Waals surface area contributed by atoms with E-state index < -0.39 is 6.10 Å². The van der Waals surface area contributed by atoms with Gasteiger partial charge in [0.25, 0.3) is 0 Å². The predicted octanol–water partition coefficient (Wildman–Crippen LogP) is 2.09. The normalized spacial score (nSPS) is 12.8. The zero-order chi connectivity index (χ0) is 12.0. The topological polar surface area (TPSA) is 41.5 Å². The van der Waals surface area contributed by atoms with Gasteiger partial charge in [0.2, 0.25) is 0 Å². The first-order valence-corrected chi connectivity index (χ1v) is 5.70. The number of aliphatic hydroxyl groups excluding tert-OH is 1. The molecular weight excluding hydrogens is 249 g/mol. The summed E-state index contributed by atoms with van der Waals surface area (Å²) in [5, 5.41) is 13.7. The van der Waals surface area contributed by atoms with Crippen LogP contribution in [0.1, 0.15) is 5.56 Å². The number of rotatable bonds is 6. The van der Waals surface area contributed by atoms with Crippen molar-refractivity contribution in [2.45, 2.75) is 12.6 Å². The third kappa shape index (κ3) is 5.14. The fourth-order valence-corrected chi connectivity index (χ4v) is 1.92. The van der Waals surface area contributed by atoms with Crippen LogP contribution in [-0.4, -0.2) is 31.5 Å². The van der Waals surface area contributed by atoms with Gasteiger partial charge in [0, 0.05) is 30.2 Å². The van der Waals surface area contributed by atoms with Gasteiger partial charge in [-0.15, -0.1) is 0 Å². The third-order valence-electron chi connectivity index (χ3n) is 1.99. The largest absolute Gasteiger partial charge is 0.389 e. The molecule has 0 radical (unpaired) electrons. The summed E-state index contributed by atoms with van der Waals surface area (Å²) < 4.78 is 4.81. The Bertz CT molecular complexity index is 314. The van der Waals surface area contributed by atoms with E-state index in [9.17, 15) is 5.11 Å². The van der Waals surface area contributed by atoms with Gasteiger partial charge in [-0.25, -0.2) is 0 Å². The maximum Gasteiger partial charge on any atom is 0.0897 e. The second-order valence-corrected chi connectivity index (χ2v) is 4.39. The summed E-state index contributed by atoms with van der Waals surface area (Å²) in [5.41, 5.74) is 0.988. The van der Waals surface area contributed by atoms with Crippen molar-refractivity contribution in [3.05, 3.63) is 33.8 Å². The van der Waals surface area contributed by atoms with Crippen LogP contribution in [-0.2, 0) is 11.3 Å². The van der Waals surface area contributed by atoms with E-state index in [-0.39, 0.29) is 0 Å². The van der Waals surface area contributed by atoms with Gasteiger partial charge in [0.1, 0.15) is 0 Å². The van der Waals surface area contributed by atoms with Crippen molar-refractivity contribution in [3.8, 4) is 0 Å². The minimum absolute atomic E-state index is 0.323. The van der Waals surface area contributed by atoms with Gasteiger partial charge in [-0.3, -0.25) is 0 Å². The first kappa shape index (κ1) is 13.7. The Labute approximate surface area is 105 Å². The number of benzene rings is 1. The van der Waals surface area contributed by atoms with Crippen LogP contribution in [0.25, 0.3) is 0 Å². The van der Waals surface area contributed by atoms with Crippen LogP contribution >= 0.6 is 23.2 Å². The second-order valence-electron chi connectivity index (χ2n) is 3.52. The molecule has 0 aromatic heterocycles. The Morgan fingerprint density at radius 1 is 1.31 bits per heavy atom. The van der Waals surface area contributed by atoms with Gasteiger partial charge in [-0.2, -0.15) is 0 Å². The number of nitrogens with one attached hydrogen (secondary N) is 1. The maximum atomic E-state index is 9.40. The van der Waals surface area contributed by atoms with Crippen LogP contribution < -0.4 is 5.32 Å². The highest BCUT2D eigenvalue weighted by Gasteiger charge is 2.03. The SMILES string of the molecule is COCC(O)CNCc1cc(Cl)cc(Cl)c1. The lowest BCUT2D eigenvalue weighted by atomic mass is 10.2. The summed E-state index contributed by atoms with van der Waals surface area (Å²) in [6.45, 7) is 1.41. The lowest BCUT2D eigenvalue weighted by molar-refractivity contribution is 0.0644. The van der Waals surface area contributed by atoms with E-state index in [1.165, 1.54) is 0 Å². The van der Waals surface area contributed by atoms with Crippen molar-refractivity contribution >= 4 is 23.2 Å². The molecule has 0 amide bonds. The molecule has 16 heavy (non-hydrogen) atoms. The van der Waals surface area contributed by atoms with Gasteiger partial charge in [0.05, 0.1) is 12.7 Å². The lowest BCUT2D eigenvalue weighted by Crippen LogP contribution is -2.29. The zero-order valence-electron chi connectivity index (χ0n) is 9.04. The van der Waals surface area contributed by atoms with E-state index >= 15 is 0 Å². The standard InChI is InChI=1S/C11H15Cl2NO2/c1-16-7-11(15)6-14-5-8-2-9(12)4-10(13)3-8/h2-4,11,14-15H,5-7H2,1H3. The number of hydrogen-bond acceptors (Lipinski definition) is 3. The van der Waals surface area contributed by atoms with Gasteiger partial charge in [-0.05, 0) is 23.8 Å². The van der Waals surface area contributed by atoms with E-state index in [2.05, 4.69) is 5.32 Å². The Morgan fingerprint density at radius 3 is 2.50 bits per heavy atom. The number of methoxy groups -OCH3 is 1. The molecule has 1 aromatic rings. The fourth-order valence-electron chi connectivity index (χ4n) is 1.35. The van der Waals surface area contributed by atoms with E-state index in [1.54, 1.807) is 13.2 Å². The van der Waals surface area contributed by atoms with Crippen molar-refractivity contribution in [2.75, 3.05) is 20.3 Å². The minimum atomic E-state index is -0.500. The highest BCUT2D eigenvalue weighted by atomic mass is 35.5. The lowest BCUT2D eigenvalue weighted by Gasteiger charge is -2.11. The molecule has 1 aromatic carbocycles. The number of halogens is 2. The molecule has 1 unspecified atom stereocenters. The molecule has 3 nitrogen and oxygen atoms in total. The van der Waals surface area contributed by atoms with Crippen LogP contribution in [0.3, 0.4) is 0 Å². The summed E-state index contributed by atoms with van der Waals surface area (Å²) >= 11 is 11.7. The Balaban J connectivity index is 2.37. The van der Waals surface area contributed by atoms with Crippen LogP contribution in [0.5, 0.6) is 0 Å². The van der Waals surface area contributed by atoms with Crippen LogP contribution in [0.4, 0.5) is 0 Å². The molecule has 0 aliphatic rings. The number of ether oxygens (including phenoxy) is 1. The van der Waals surface area contributed by atoms with E-state index in [0.717, 1.165) is 5.56 Å². The molecule has 1 rings (SSSR count). The Morgan fingerprint density at radius 2 is 1.94 bits per heavy atom. The molecule has 0 heterocycles. The second kappa shape index (κ2) is 7.09. The molecule has 0 saturated carbocycles. The molecule has 90 valence electrons. The average molecular weight is 264 g/mol. The molecule has 2 N–H and O–H groups in total. The number of aliphatic hydroxyl groups is 1. The van der Waals surface area contributed by atoms with Crippen molar-refractivity contribution < 1.29 is 9.84 Å². The molecule has 0 fully saturated rings. The average Bonchev–Trinajstić information content (AvgIpc) is 2.16. The molecular formula is C11H15Cl2NO2. The smallest absolute Gasteiger partial charge is 0.0897 e. The van der Waals surface area contributed by atoms with Crippen molar-refractivity contribution in [1.29, 1.82) is 0 Å². The fraction of sp³-hybridized carbons (Fsp3) is 0.455. The summed E-state index contributed by atoms with van der Waals surface area (Å²) in [6, 6.07) is 5.36. The molecule has 0 spiro atoms. The predicted molar refractivity (Wildman–Crippen MR) is 66.1 cm³/mol. The molecule has 5 heteroatoms. The van der Waals surface area contributed by atoms with Crippen LogP contribution in [0, 0.1) is 0 Å². The van der Waals surface area contributed by atoms with E-state index in [0.29, 0.717) is 29.7 Å². The molecule has 0 aliphatic carbocycles. The highest BCUT2D eigenvalue weighted by molar-refractivity contribution is 6.34. The first-order chi connectivity index (χ1) is 7.61. The molecule has 0 saturated heterocycles. The third-order valence-corrected chi connectivity index (χ3v) is 2.43. The summed E-state index contributed by atoms with van der Waals surface area (Å²) in [6.07, 6.45) is -0.500. The molecule has 1 atom stereocenters. The Hall–Kier alpha value is -0.320. The van der Waals surface area contributed by atoms with Gasteiger partial charge in [-0.1, -0.05) is 23.2 Å². The summed E-state index contributed by atoms with van der Waals surface area (Å²) in [7, 11) is 1.56. The maximum absolute atomic E-state index is 9.40.